The standard InChI is InChI=1S/C11H9ClF2N4/c12-11-16-5-9(14)10(18-11)17-7-1-2-8(13)6(3-7)4-15/h1-3,5H,4,15H2,(H,16,17,18). The molecule has 0 spiro atoms. The van der Waals surface area contributed by atoms with E-state index >= 15 is 0 Å². The van der Waals surface area contributed by atoms with E-state index in [0.717, 1.165) is 6.20 Å². The molecule has 1 aromatic heterocycles. The first-order valence-electron chi connectivity index (χ1n) is 5.03. The molecule has 0 saturated heterocycles. The van der Waals surface area contributed by atoms with Crippen LogP contribution in [0, 0.1) is 11.6 Å². The molecule has 1 heterocycles. The van der Waals surface area contributed by atoms with Crippen molar-refractivity contribution >= 4 is 23.1 Å². The van der Waals surface area contributed by atoms with Crippen LogP contribution in [0.1, 0.15) is 5.56 Å². The Labute approximate surface area is 107 Å². The quantitative estimate of drug-likeness (QED) is 0.842. The number of anilines is 2. The number of hydrogen-bond donors (Lipinski definition) is 2. The number of nitrogens with two attached hydrogens (primary N) is 1. The molecule has 0 amide bonds. The molecule has 4 nitrogen and oxygen atoms in total. The van der Waals surface area contributed by atoms with Gasteiger partial charge >= 0.3 is 0 Å². The first-order chi connectivity index (χ1) is 8.60. The van der Waals surface area contributed by atoms with Gasteiger partial charge in [0.15, 0.2) is 11.6 Å². The number of rotatable bonds is 3. The number of halogens is 3. The van der Waals surface area contributed by atoms with Crippen LogP contribution in [-0.2, 0) is 6.54 Å². The molecule has 0 radical (unpaired) electrons. The number of aromatic nitrogens is 2. The van der Waals surface area contributed by atoms with Gasteiger partial charge in [0.05, 0.1) is 6.20 Å². The molecular weight excluding hydrogens is 262 g/mol. The third-order valence-corrected chi connectivity index (χ3v) is 2.43. The monoisotopic (exact) mass is 270 g/mol. The molecular formula is C11H9ClF2N4. The van der Waals surface area contributed by atoms with Crippen LogP contribution in [0.25, 0.3) is 0 Å². The van der Waals surface area contributed by atoms with E-state index in [1.165, 1.54) is 18.2 Å². The lowest BCUT2D eigenvalue weighted by Crippen LogP contribution is -2.03. The largest absolute Gasteiger partial charge is 0.338 e. The van der Waals surface area contributed by atoms with Gasteiger partial charge in [-0.2, -0.15) is 4.98 Å². The summed E-state index contributed by atoms with van der Waals surface area (Å²) in [6, 6.07) is 4.17. The van der Waals surface area contributed by atoms with Crippen molar-refractivity contribution < 1.29 is 8.78 Å². The maximum Gasteiger partial charge on any atom is 0.224 e. The molecule has 0 saturated carbocycles. The van der Waals surface area contributed by atoms with E-state index < -0.39 is 11.6 Å². The van der Waals surface area contributed by atoms with Gasteiger partial charge in [0, 0.05) is 17.8 Å². The second-order valence-electron chi connectivity index (χ2n) is 3.47. The van der Waals surface area contributed by atoms with E-state index in [1.54, 1.807) is 0 Å². The Hall–Kier alpha value is -1.79. The summed E-state index contributed by atoms with van der Waals surface area (Å²) in [5.41, 5.74) is 6.16. The predicted octanol–water partition coefficient (Wildman–Crippen LogP) is 2.61. The normalized spacial score (nSPS) is 10.4. The number of benzene rings is 1. The maximum absolute atomic E-state index is 13.4. The fourth-order valence-corrected chi connectivity index (χ4v) is 1.51. The van der Waals surface area contributed by atoms with E-state index in [1.807, 2.05) is 0 Å². The Bertz CT molecular complexity index is 577. The van der Waals surface area contributed by atoms with Crippen LogP contribution in [0.3, 0.4) is 0 Å². The SMILES string of the molecule is NCc1cc(Nc2nc(Cl)ncc2F)ccc1F. The van der Waals surface area contributed by atoms with Gasteiger partial charge in [-0.05, 0) is 29.8 Å². The van der Waals surface area contributed by atoms with Crippen LogP contribution in [0.2, 0.25) is 5.28 Å². The minimum atomic E-state index is -0.655. The molecule has 2 aromatic rings. The smallest absolute Gasteiger partial charge is 0.224 e. The molecule has 7 heteroatoms. The van der Waals surface area contributed by atoms with E-state index in [9.17, 15) is 8.78 Å². The molecule has 0 aliphatic rings. The second kappa shape index (κ2) is 5.24. The van der Waals surface area contributed by atoms with E-state index in [2.05, 4.69) is 15.3 Å². The predicted molar refractivity (Wildman–Crippen MR) is 64.6 cm³/mol. The third-order valence-electron chi connectivity index (χ3n) is 2.24. The molecule has 0 unspecified atom stereocenters. The van der Waals surface area contributed by atoms with Gasteiger partial charge in [-0.25, -0.2) is 13.8 Å². The highest BCUT2D eigenvalue weighted by molar-refractivity contribution is 6.28. The third kappa shape index (κ3) is 2.72. The number of nitrogens with zero attached hydrogens (tertiary/aromatic N) is 2. The summed E-state index contributed by atoms with van der Waals surface area (Å²) < 4.78 is 26.6. The van der Waals surface area contributed by atoms with Gasteiger partial charge in [-0.1, -0.05) is 0 Å². The summed E-state index contributed by atoms with van der Waals surface area (Å²) in [7, 11) is 0. The number of hydrogen-bond acceptors (Lipinski definition) is 4. The average molecular weight is 271 g/mol. The summed E-state index contributed by atoms with van der Waals surface area (Å²) in [6.45, 7) is 0.0500. The lowest BCUT2D eigenvalue weighted by Gasteiger charge is -2.08. The molecule has 0 aliphatic heterocycles. The molecule has 0 atom stereocenters. The Kier molecular flexibility index (Phi) is 3.69. The first kappa shape index (κ1) is 12.7. The van der Waals surface area contributed by atoms with E-state index in [4.69, 9.17) is 17.3 Å². The van der Waals surface area contributed by atoms with Crippen LogP contribution in [-0.4, -0.2) is 9.97 Å². The van der Waals surface area contributed by atoms with Crippen molar-refractivity contribution in [1.29, 1.82) is 0 Å². The first-order valence-corrected chi connectivity index (χ1v) is 5.41. The van der Waals surface area contributed by atoms with Crippen molar-refractivity contribution in [1.82, 2.24) is 9.97 Å². The van der Waals surface area contributed by atoms with E-state index in [0.29, 0.717) is 11.3 Å². The van der Waals surface area contributed by atoms with Crippen molar-refractivity contribution in [2.45, 2.75) is 6.54 Å². The van der Waals surface area contributed by atoms with Crippen LogP contribution in [0.5, 0.6) is 0 Å². The minimum Gasteiger partial charge on any atom is -0.338 e. The average Bonchev–Trinajstić information content (AvgIpc) is 2.36. The van der Waals surface area contributed by atoms with Crippen molar-refractivity contribution in [3.8, 4) is 0 Å². The summed E-state index contributed by atoms with van der Waals surface area (Å²) >= 11 is 5.56. The van der Waals surface area contributed by atoms with Crippen molar-refractivity contribution in [3.63, 3.8) is 0 Å². The summed E-state index contributed by atoms with van der Waals surface area (Å²) in [6.07, 6.45) is 0.949. The van der Waals surface area contributed by atoms with Gasteiger partial charge in [0.2, 0.25) is 5.28 Å². The zero-order valence-corrected chi connectivity index (χ0v) is 9.88. The lowest BCUT2D eigenvalue weighted by molar-refractivity contribution is 0.610. The maximum atomic E-state index is 13.4. The van der Waals surface area contributed by atoms with Crippen LogP contribution in [0.4, 0.5) is 20.3 Å². The highest BCUT2D eigenvalue weighted by Gasteiger charge is 2.08. The molecule has 2 rings (SSSR count). The van der Waals surface area contributed by atoms with Crippen LogP contribution in [0.15, 0.2) is 24.4 Å². The Morgan fingerprint density at radius 2 is 2.06 bits per heavy atom. The van der Waals surface area contributed by atoms with Gasteiger partial charge in [0.25, 0.3) is 0 Å². The Morgan fingerprint density at radius 3 is 2.78 bits per heavy atom. The fraction of sp³-hybridized carbons (Fsp3) is 0.0909. The Balaban J connectivity index is 2.31. The fourth-order valence-electron chi connectivity index (χ4n) is 1.38. The zero-order chi connectivity index (χ0) is 13.1. The van der Waals surface area contributed by atoms with Crippen molar-refractivity contribution in [2.24, 2.45) is 5.73 Å². The molecule has 0 aliphatic carbocycles. The molecule has 0 fully saturated rings. The molecule has 18 heavy (non-hydrogen) atoms. The van der Waals surface area contributed by atoms with Crippen molar-refractivity contribution in [3.05, 3.63) is 46.9 Å². The van der Waals surface area contributed by atoms with Gasteiger partial charge in [0.1, 0.15) is 5.82 Å². The second-order valence-corrected chi connectivity index (χ2v) is 3.81. The summed E-state index contributed by atoms with van der Waals surface area (Å²) in [5.74, 6) is -1.15. The zero-order valence-electron chi connectivity index (χ0n) is 9.12. The summed E-state index contributed by atoms with van der Waals surface area (Å²) in [5, 5.41) is 2.60. The van der Waals surface area contributed by atoms with E-state index in [-0.39, 0.29) is 17.6 Å². The molecule has 0 bridgehead atoms. The Morgan fingerprint density at radius 1 is 1.28 bits per heavy atom. The number of nitrogens with one attached hydrogen (secondary N) is 1. The van der Waals surface area contributed by atoms with Crippen molar-refractivity contribution in [2.75, 3.05) is 5.32 Å². The highest BCUT2D eigenvalue weighted by atomic mass is 35.5. The van der Waals surface area contributed by atoms with Crippen LogP contribution >= 0.6 is 11.6 Å². The van der Waals surface area contributed by atoms with Gasteiger partial charge < -0.3 is 11.1 Å². The minimum absolute atomic E-state index is 0.0500. The lowest BCUT2D eigenvalue weighted by atomic mass is 10.2. The highest BCUT2D eigenvalue weighted by Crippen LogP contribution is 2.20. The van der Waals surface area contributed by atoms with Gasteiger partial charge in [-0.3, -0.25) is 0 Å². The van der Waals surface area contributed by atoms with Gasteiger partial charge in [-0.15, -0.1) is 0 Å². The summed E-state index contributed by atoms with van der Waals surface area (Å²) in [4.78, 5) is 7.18. The van der Waals surface area contributed by atoms with Crippen LogP contribution < -0.4 is 11.1 Å². The molecule has 1 aromatic carbocycles. The topological polar surface area (TPSA) is 63.8 Å². The molecule has 94 valence electrons. The molecule has 3 N–H and O–H groups in total.